The van der Waals surface area contributed by atoms with Crippen molar-refractivity contribution >= 4 is 0 Å². The van der Waals surface area contributed by atoms with E-state index in [-0.39, 0.29) is 21.7 Å². The first-order chi connectivity index (χ1) is 6.09. The van der Waals surface area contributed by atoms with Crippen molar-refractivity contribution in [2.45, 2.75) is 25.3 Å². The first-order valence-electron chi connectivity index (χ1n) is 5.27. The van der Waals surface area contributed by atoms with Crippen LogP contribution in [0, 0.1) is 5.92 Å². The molecule has 0 saturated heterocycles. The molecule has 0 bridgehead atoms. The second-order valence-corrected chi connectivity index (χ2v) is 5.24. The van der Waals surface area contributed by atoms with E-state index in [4.69, 9.17) is 0 Å². The molecular weight excluding hydrogens is 206 g/mol. The van der Waals surface area contributed by atoms with Gasteiger partial charge in [0.15, 0.2) is 0 Å². The Bertz CT molecular complexity index is 260. The molecule has 0 N–H and O–H groups in total. The van der Waals surface area contributed by atoms with Crippen LogP contribution >= 0.6 is 0 Å². The van der Waals surface area contributed by atoms with Crippen molar-refractivity contribution in [2.75, 3.05) is 21.1 Å². The number of hydrogen-bond acceptors (Lipinski definition) is 0. The summed E-state index contributed by atoms with van der Waals surface area (Å²) < 4.78 is 1.09. The molecule has 14 heavy (non-hydrogen) atoms. The predicted molar refractivity (Wildman–Crippen MR) is 56.4 cm³/mol. The van der Waals surface area contributed by atoms with Gasteiger partial charge in [0, 0.05) is 28.1 Å². The molecule has 2 atom stereocenters. The fourth-order valence-electron chi connectivity index (χ4n) is 2.72. The molecule has 0 aromatic rings. The topological polar surface area (TPSA) is 0 Å². The van der Waals surface area contributed by atoms with Crippen LogP contribution in [-0.4, -0.2) is 31.7 Å². The van der Waals surface area contributed by atoms with Crippen LogP contribution in [0.2, 0.25) is 0 Å². The zero-order valence-electron chi connectivity index (χ0n) is 9.46. The van der Waals surface area contributed by atoms with E-state index in [9.17, 15) is 0 Å². The molecule has 0 aromatic carbocycles. The molecule has 1 nitrogen and oxygen atoms in total. The Balaban J connectivity index is 0.000000980. The molecule has 0 aliphatic heterocycles. The summed E-state index contributed by atoms with van der Waals surface area (Å²) in [5.41, 5.74) is 1.70. The summed E-state index contributed by atoms with van der Waals surface area (Å²) in [6, 6.07) is 0.773. The molecular formula is C12H20NTi+. The maximum absolute atomic E-state index is 2.36. The zero-order chi connectivity index (χ0) is 9.47. The van der Waals surface area contributed by atoms with E-state index < -0.39 is 0 Å². The number of fused-ring (bicyclic) bond motifs is 1. The third-order valence-corrected chi connectivity index (χ3v) is 3.43. The summed E-state index contributed by atoms with van der Waals surface area (Å²) in [4.78, 5) is 0. The maximum Gasteiger partial charge on any atom is 0.111 e. The van der Waals surface area contributed by atoms with E-state index in [2.05, 4.69) is 39.4 Å². The molecule has 1 saturated carbocycles. The summed E-state index contributed by atoms with van der Waals surface area (Å²) in [6.45, 7) is 0. The average molecular weight is 226 g/mol. The normalized spacial score (nSPS) is 30.6. The second kappa shape index (κ2) is 4.34. The molecule has 0 amide bonds. The van der Waals surface area contributed by atoms with Gasteiger partial charge in [0.2, 0.25) is 0 Å². The van der Waals surface area contributed by atoms with E-state index in [1.165, 1.54) is 19.3 Å². The summed E-state index contributed by atoms with van der Waals surface area (Å²) in [6.07, 6.45) is 11.0. The first-order valence-corrected chi connectivity index (χ1v) is 5.27. The van der Waals surface area contributed by atoms with Gasteiger partial charge in [-0.25, -0.2) is 0 Å². The van der Waals surface area contributed by atoms with Gasteiger partial charge in [0.05, 0.1) is 21.1 Å². The molecule has 0 heterocycles. The third kappa shape index (κ3) is 2.21. The van der Waals surface area contributed by atoms with Crippen LogP contribution in [0.5, 0.6) is 0 Å². The molecule has 76 valence electrons. The van der Waals surface area contributed by atoms with Crippen molar-refractivity contribution in [3.8, 4) is 0 Å². The van der Waals surface area contributed by atoms with Crippen molar-refractivity contribution in [2.24, 2.45) is 5.92 Å². The monoisotopic (exact) mass is 226 g/mol. The number of quaternary nitrogens is 1. The average Bonchev–Trinajstić information content (AvgIpc) is 2.45. The van der Waals surface area contributed by atoms with Crippen molar-refractivity contribution in [1.82, 2.24) is 0 Å². The smallest absolute Gasteiger partial charge is 0.111 e. The summed E-state index contributed by atoms with van der Waals surface area (Å²) >= 11 is 0. The number of likely N-dealkylation sites (N-methyl/N-ethyl adjacent to an activating group) is 1. The van der Waals surface area contributed by atoms with Crippen LogP contribution < -0.4 is 0 Å². The van der Waals surface area contributed by atoms with Gasteiger partial charge in [0.25, 0.3) is 0 Å². The standard InChI is InChI=1S/C12H20N.Ti/c1-13(2,3)12-9-8-10-6-4-5-7-11(10)12;/h4-5,7,10,12H,6,8-9H2,1-3H3;/q+1;. The van der Waals surface area contributed by atoms with Crippen LogP contribution in [-0.2, 0) is 21.7 Å². The van der Waals surface area contributed by atoms with Gasteiger partial charge in [-0.2, -0.15) is 0 Å². The van der Waals surface area contributed by atoms with Crippen LogP contribution in [0.4, 0.5) is 0 Å². The fourth-order valence-corrected chi connectivity index (χ4v) is 2.72. The Morgan fingerprint density at radius 1 is 1.21 bits per heavy atom. The molecule has 2 heteroatoms. The molecule has 2 unspecified atom stereocenters. The van der Waals surface area contributed by atoms with E-state index in [0.717, 1.165) is 16.4 Å². The molecule has 2 rings (SSSR count). The fraction of sp³-hybridized carbons (Fsp3) is 0.667. The minimum absolute atomic E-state index is 0. The van der Waals surface area contributed by atoms with Gasteiger partial charge in [-0.05, 0) is 24.3 Å². The quantitative estimate of drug-likeness (QED) is 0.475. The molecule has 1 fully saturated rings. The predicted octanol–water partition coefficient (Wildman–Crippen LogP) is 2.36. The SMILES string of the molecule is C[N+](C)(C)C1CCC2CC=CC=C21.[Ti]. The Kier molecular flexibility index (Phi) is 3.79. The van der Waals surface area contributed by atoms with Crippen LogP contribution in [0.15, 0.2) is 23.8 Å². The summed E-state index contributed by atoms with van der Waals surface area (Å²) in [5, 5.41) is 0. The van der Waals surface area contributed by atoms with Gasteiger partial charge in [-0.1, -0.05) is 18.2 Å². The Labute approximate surface area is 102 Å². The Morgan fingerprint density at radius 3 is 2.57 bits per heavy atom. The maximum atomic E-state index is 2.36. The summed E-state index contributed by atoms with van der Waals surface area (Å²) in [7, 11) is 6.94. The van der Waals surface area contributed by atoms with Crippen LogP contribution in [0.1, 0.15) is 19.3 Å². The van der Waals surface area contributed by atoms with E-state index in [0.29, 0.717) is 0 Å². The minimum atomic E-state index is 0. The molecule has 0 radical (unpaired) electrons. The second-order valence-electron chi connectivity index (χ2n) is 5.24. The molecule has 0 spiro atoms. The van der Waals surface area contributed by atoms with Gasteiger partial charge >= 0.3 is 0 Å². The van der Waals surface area contributed by atoms with Crippen molar-refractivity contribution < 1.29 is 26.2 Å². The van der Waals surface area contributed by atoms with Crippen molar-refractivity contribution in [3.63, 3.8) is 0 Å². The summed E-state index contributed by atoms with van der Waals surface area (Å²) in [5.74, 6) is 0.868. The Hall–Kier alpha value is 0.154. The van der Waals surface area contributed by atoms with Crippen LogP contribution in [0.3, 0.4) is 0 Å². The largest absolute Gasteiger partial charge is 0.325 e. The van der Waals surface area contributed by atoms with Gasteiger partial charge < -0.3 is 4.48 Å². The van der Waals surface area contributed by atoms with Crippen molar-refractivity contribution in [1.29, 1.82) is 0 Å². The van der Waals surface area contributed by atoms with E-state index >= 15 is 0 Å². The number of rotatable bonds is 1. The number of allylic oxidation sites excluding steroid dienone is 3. The van der Waals surface area contributed by atoms with Gasteiger partial charge in [-0.3, -0.25) is 0 Å². The zero-order valence-corrected chi connectivity index (χ0v) is 11.0. The molecule has 0 aromatic heterocycles. The number of hydrogen-bond donors (Lipinski definition) is 0. The third-order valence-electron chi connectivity index (χ3n) is 3.43. The minimum Gasteiger partial charge on any atom is -0.325 e. The molecule has 2 aliphatic carbocycles. The van der Waals surface area contributed by atoms with E-state index in [1.807, 2.05) is 0 Å². The van der Waals surface area contributed by atoms with Gasteiger partial charge in [-0.15, -0.1) is 0 Å². The van der Waals surface area contributed by atoms with Crippen LogP contribution in [0.25, 0.3) is 0 Å². The number of nitrogens with zero attached hydrogens (tertiary/aromatic N) is 1. The molecule has 2 aliphatic rings. The van der Waals surface area contributed by atoms with Crippen molar-refractivity contribution in [3.05, 3.63) is 23.8 Å². The van der Waals surface area contributed by atoms with Gasteiger partial charge in [0.1, 0.15) is 6.04 Å². The van der Waals surface area contributed by atoms with E-state index in [1.54, 1.807) is 5.57 Å². The first kappa shape index (κ1) is 12.2. The Morgan fingerprint density at radius 2 is 1.93 bits per heavy atom.